The summed E-state index contributed by atoms with van der Waals surface area (Å²) < 4.78 is 7.74. The maximum atomic E-state index is 13.6. The lowest BCUT2D eigenvalue weighted by atomic mass is 10.0. The van der Waals surface area contributed by atoms with Gasteiger partial charge in [0.15, 0.2) is 0 Å². The van der Waals surface area contributed by atoms with Crippen molar-refractivity contribution in [2.24, 2.45) is 17.0 Å². The van der Waals surface area contributed by atoms with Crippen molar-refractivity contribution in [1.29, 1.82) is 0 Å². The summed E-state index contributed by atoms with van der Waals surface area (Å²) in [7, 11) is 1.50. The van der Waals surface area contributed by atoms with Crippen LogP contribution >= 0.6 is 0 Å². The zero-order chi connectivity index (χ0) is 28.6. The number of nitrogens with zero attached hydrogens (tertiary/aromatic N) is 3. The van der Waals surface area contributed by atoms with Crippen LogP contribution in [0.2, 0.25) is 0 Å². The van der Waals surface area contributed by atoms with E-state index in [0.717, 1.165) is 4.57 Å². The highest BCUT2D eigenvalue weighted by Crippen LogP contribution is 2.25. The Kier molecular flexibility index (Phi) is 11.3. The van der Waals surface area contributed by atoms with Crippen LogP contribution in [0.4, 0.5) is 0 Å². The highest BCUT2D eigenvalue weighted by Gasteiger charge is 2.23. The number of nitrogens with one attached hydrogen (secondary N) is 1. The van der Waals surface area contributed by atoms with Crippen LogP contribution in [0.1, 0.15) is 72.1 Å². The van der Waals surface area contributed by atoms with Crippen molar-refractivity contribution in [3.8, 4) is 5.75 Å². The number of benzene rings is 1. The minimum atomic E-state index is -1.08. The van der Waals surface area contributed by atoms with Crippen LogP contribution in [0, 0.1) is 11.8 Å². The van der Waals surface area contributed by atoms with Crippen LogP contribution in [0.3, 0.4) is 0 Å². The molecule has 1 heterocycles. The van der Waals surface area contributed by atoms with Gasteiger partial charge in [-0.2, -0.15) is 0 Å². The Morgan fingerprint density at radius 1 is 1.08 bits per heavy atom. The van der Waals surface area contributed by atoms with Gasteiger partial charge in [0.2, 0.25) is 5.91 Å². The summed E-state index contributed by atoms with van der Waals surface area (Å²) in [5.74, 6) is 0.463. The Balaban J connectivity index is 2.59. The summed E-state index contributed by atoms with van der Waals surface area (Å²) in [6, 6.07) is 6.53. The molecule has 0 radical (unpaired) electrons. The van der Waals surface area contributed by atoms with Gasteiger partial charge in [0.1, 0.15) is 18.0 Å². The number of rotatable bonds is 13. The van der Waals surface area contributed by atoms with Crippen molar-refractivity contribution in [3.05, 3.63) is 62.4 Å². The first-order valence-corrected chi connectivity index (χ1v) is 13.0. The number of hydrogen-bond donors (Lipinski definition) is 2. The average molecular weight is 531 g/mol. The van der Waals surface area contributed by atoms with E-state index in [-0.39, 0.29) is 42.5 Å². The molecule has 0 fully saturated rings. The third-order valence-corrected chi connectivity index (χ3v) is 6.02. The number of ether oxygens (including phenoxy) is 1. The molecule has 2 aromatic rings. The highest BCUT2D eigenvalue weighted by atomic mass is 16.6. The molecule has 1 amide bonds. The fourth-order valence-corrected chi connectivity index (χ4v) is 3.91. The molecule has 210 valence electrons. The number of hydrogen-bond acceptors (Lipinski definition) is 7. The predicted octanol–water partition coefficient (Wildman–Crippen LogP) is 3.09. The number of para-hydroxylation sites is 1. The van der Waals surface area contributed by atoms with Gasteiger partial charge in [-0.15, -0.1) is 0 Å². The molecule has 0 aliphatic carbocycles. The second kappa shape index (κ2) is 13.9. The van der Waals surface area contributed by atoms with Crippen molar-refractivity contribution in [1.82, 2.24) is 14.5 Å². The molecular weight excluding hydrogens is 488 g/mol. The number of amides is 1. The summed E-state index contributed by atoms with van der Waals surface area (Å²) >= 11 is 0. The van der Waals surface area contributed by atoms with Gasteiger partial charge >= 0.3 is 5.69 Å². The van der Waals surface area contributed by atoms with E-state index < -0.39 is 23.4 Å². The number of aliphatic hydroxyl groups excluding tert-OH is 1. The molecule has 38 heavy (non-hydrogen) atoms. The fourth-order valence-electron chi connectivity index (χ4n) is 3.91. The van der Waals surface area contributed by atoms with Crippen LogP contribution < -0.4 is 21.3 Å². The van der Waals surface area contributed by atoms with Gasteiger partial charge in [0.05, 0.1) is 31.5 Å². The third-order valence-electron chi connectivity index (χ3n) is 6.02. The van der Waals surface area contributed by atoms with Crippen LogP contribution in [0.15, 0.2) is 45.2 Å². The van der Waals surface area contributed by atoms with Gasteiger partial charge in [0.25, 0.3) is 5.56 Å². The lowest BCUT2D eigenvalue weighted by Gasteiger charge is -2.24. The van der Waals surface area contributed by atoms with E-state index in [4.69, 9.17) is 9.57 Å². The lowest BCUT2D eigenvalue weighted by molar-refractivity contribution is -0.122. The third kappa shape index (κ3) is 8.31. The van der Waals surface area contributed by atoms with Crippen LogP contribution in [-0.4, -0.2) is 45.1 Å². The van der Waals surface area contributed by atoms with Crippen LogP contribution in [-0.2, 0) is 22.7 Å². The summed E-state index contributed by atoms with van der Waals surface area (Å²) in [6.45, 7) is 12.8. The Morgan fingerprint density at radius 2 is 1.74 bits per heavy atom. The molecule has 10 heteroatoms. The minimum absolute atomic E-state index is 0.0317. The van der Waals surface area contributed by atoms with Crippen molar-refractivity contribution in [2.45, 2.75) is 86.2 Å². The first kappa shape index (κ1) is 30.8. The molecule has 10 nitrogen and oxygen atoms in total. The van der Waals surface area contributed by atoms with E-state index in [1.54, 1.807) is 31.2 Å². The molecule has 0 bridgehead atoms. The fraction of sp³-hybridized carbons (Fsp3) is 0.571. The number of aromatic nitrogens is 2. The maximum Gasteiger partial charge on any atom is 0.331 e. The van der Waals surface area contributed by atoms with Gasteiger partial charge in [-0.25, -0.2) is 4.79 Å². The predicted molar refractivity (Wildman–Crippen MR) is 148 cm³/mol. The lowest BCUT2D eigenvalue weighted by Crippen LogP contribution is -2.50. The summed E-state index contributed by atoms with van der Waals surface area (Å²) in [6.07, 6.45) is 0.445. The average Bonchev–Trinajstić information content (AvgIpc) is 2.85. The van der Waals surface area contributed by atoms with E-state index in [1.165, 1.54) is 17.9 Å². The Morgan fingerprint density at radius 3 is 2.32 bits per heavy atom. The molecule has 0 saturated carbocycles. The molecule has 2 N–H and O–H groups in total. The van der Waals surface area contributed by atoms with E-state index in [9.17, 15) is 19.5 Å². The van der Waals surface area contributed by atoms with E-state index in [2.05, 4.69) is 10.5 Å². The van der Waals surface area contributed by atoms with E-state index in [1.807, 2.05) is 41.5 Å². The number of oxime groups is 1. The summed E-state index contributed by atoms with van der Waals surface area (Å²) in [5, 5.41) is 18.0. The zero-order valence-electron chi connectivity index (χ0n) is 23.7. The van der Waals surface area contributed by atoms with Gasteiger partial charge in [-0.1, -0.05) is 51.0 Å². The van der Waals surface area contributed by atoms with Crippen molar-refractivity contribution < 1.29 is 19.5 Å². The number of methoxy groups -OCH3 is 1. The zero-order valence-corrected chi connectivity index (χ0v) is 23.7. The van der Waals surface area contributed by atoms with Gasteiger partial charge in [-0.3, -0.25) is 18.7 Å². The molecule has 0 aliphatic rings. The molecule has 1 aromatic heterocycles. The summed E-state index contributed by atoms with van der Waals surface area (Å²) in [4.78, 5) is 45.0. The second-order valence-corrected chi connectivity index (χ2v) is 10.5. The summed E-state index contributed by atoms with van der Waals surface area (Å²) in [5.41, 5.74) is -0.184. The maximum absolute atomic E-state index is 13.6. The van der Waals surface area contributed by atoms with E-state index in [0.29, 0.717) is 23.4 Å². The molecule has 0 saturated heterocycles. The molecule has 2 atom stereocenters. The number of carbonyl (C=O) groups excluding carboxylic acids is 1. The van der Waals surface area contributed by atoms with Gasteiger partial charge in [0, 0.05) is 24.2 Å². The molecular formula is C28H42N4O6. The Bertz CT molecular complexity index is 1230. The quantitative estimate of drug-likeness (QED) is 0.303. The normalized spacial score (nSPS) is 13.6. The smallest absolute Gasteiger partial charge is 0.331 e. The molecule has 2 unspecified atom stereocenters. The monoisotopic (exact) mass is 530 g/mol. The minimum Gasteiger partial charge on any atom is -0.496 e. The van der Waals surface area contributed by atoms with E-state index >= 15 is 0 Å². The van der Waals surface area contributed by atoms with Crippen molar-refractivity contribution in [2.75, 3.05) is 7.11 Å². The molecule has 0 spiro atoms. The first-order valence-electron chi connectivity index (χ1n) is 13.0. The SMILES string of the molecule is COc1ccccc1C(O)Cn1cc(/C(C)=N/OC(C)C)c(=O)n(CC(NC(=O)CC(C)C)C(C)C)c1=O. The van der Waals surface area contributed by atoms with Crippen molar-refractivity contribution >= 4 is 11.6 Å². The number of aliphatic hydroxyl groups is 1. The Labute approximate surface area is 224 Å². The number of carbonyl (C=O) groups is 1. The molecule has 0 aliphatic heterocycles. The van der Waals surface area contributed by atoms with Crippen LogP contribution in [0.5, 0.6) is 5.75 Å². The molecule has 1 aromatic carbocycles. The van der Waals surface area contributed by atoms with Crippen LogP contribution in [0.25, 0.3) is 0 Å². The van der Waals surface area contributed by atoms with Gasteiger partial charge < -0.3 is 20.0 Å². The highest BCUT2D eigenvalue weighted by molar-refractivity contribution is 5.97. The Hall–Kier alpha value is -3.40. The molecule has 2 rings (SSSR count). The van der Waals surface area contributed by atoms with Gasteiger partial charge in [-0.05, 0) is 38.7 Å². The topological polar surface area (TPSA) is 124 Å². The van der Waals surface area contributed by atoms with Crippen molar-refractivity contribution in [3.63, 3.8) is 0 Å². The standard InChI is InChI=1S/C28H42N4O6/c1-17(2)13-26(34)29-23(18(3)4)15-32-27(35)22(20(7)30-38-19(5)6)14-31(28(32)36)16-24(33)21-11-9-10-12-25(21)37-8/h9-12,14,17-19,23-24,33H,13,15-16H2,1-8H3,(H,29,34)/b30-20+. The first-order chi connectivity index (χ1) is 17.8. The largest absolute Gasteiger partial charge is 0.496 e. The second-order valence-electron chi connectivity index (χ2n) is 10.5.